The van der Waals surface area contributed by atoms with Gasteiger partial charge >= 0.3 is 12.1 Å². The number of thiazole rings is 1. The van der Waals surface area contributed by atoms with Gasteiger partial charge in [-0.2, -0.15) is 0 Å². The van der Waals surface area contributed by atoms with Gasteiger partial charge in [-0.3, -0.25) is 9.69 Å². The molecule has 3 heterocycles. The molecule has 0 radical (unpaired) electrons. The molecule has 0 spiro atoms. The Balaban J connectivity index is 1.44. The number of rotatable bonds is 4. The number of benzene rings is 1. The first-order chi connectivity index (χ1) is 12.9. The summed E-state index contributed by atoms with van der Waals surface area (Å²) in [6, 6.07) is 6.96. The van der Waals surface area contributed by atoms with E-state index in [4.69, 9.17) is 0 Å². The van der Waals surface area contributed by atoms with Crippen molar-refractivity contribution in [2.75, 3.05) is 20.6 Å². The molecule has 10 heteroatoms. The molecule has 0 aliphatic carbocycles. The minimum absolute atomic E-state index is 0.131. The first kappa shape index (κ1) is 17.5. The summed E-state index contributed by atoms with van der Waals surface area (Å²) in [6.07, 6.45) is -0.956. The smallest absolute Gasteiger partial charge is 0.323 e. The fourth-order valence-corrected chi connectivity index (χ4v) is 4.49. The summed E-state index contributed by atoms with van der Waals surface area (Å²) >= 11 is 1.53. The average molecular weight is 388 g/mol. The van der Waals surface area contributed by atoms with E-state index >= 15 is 0 Å². The number of para-hydroxylation sites is 1. The van der Waals surface area contributed by atoms with Crippen LogP contribution in [-0.4, -0.2) is 70.6 Å². The number of nitrogens with zero attached hydrogens (tertiary/aromatic N) is 4. The molecule has 0 bridgehead atoms. The fraction of sp³-hybridized carbons (Fsp3) is 0.412. The van der Waals surface area contributed by atoms with Crippen molar-refractivity contribution < 1.29 is 14.4 Å². The first-order valence-electron chi connectivity index (χ1n) is 8.58. The quantitative estimate of drug-likeness (QED) is 0.821. The number of urea groups is 2. The molecule has 2 aliphatic heterocycles. The van der Waals surface area contributed by atoms with E-state index in [-0.39, 0.29) is 30.6 Å². The van der Waals surface area contributed by atoms with Crippen molar-refractivity contribution in [2.45, 2.75) is 25.3 Å². The molecule has 0 unspecified atom stereocenters. The molecule has 1 aromatic carbocycles. The van der Waals surface area contributed by atoms with Gasteiger partial charge in [-0.05, 0) is 19.1 Å². The summed E-state index contributed by atoms with van der Waals surface area (Å²) < 4.78 is 1.06. The topological polar surface area (TPSA) is 97.9 Å². The predicted molar refractivity (Wildman–Crippen MR) is 99.9 cm³/mol. The molecule has 0 saturated carbocycles. The molecule has 142 valence electrons. The maximum atomic E-state index is 12.5. The zero-order chi connectivity index (χ0) is 19.3. The third kappa shape index (κ3) is 2.85. The molecule has 1 aromatic heterocycles. The van der Waals surface area contributed by atoms with E-state index in [0.29, 0.717) is 0 Å². The molecule has 2 N–H and O–H groups in total. The van der Waals surface area contributed by atoms with Crippen LogP contribution in [0.25, 0.3) is 10.2 Å². The highest BCUT2D eigenvalue weighted by Crippen LogP contribution is 2.27. The number of likely N-dealkylation sites (N-methyl/N-ethyl adjacent to an activating group) is 2. The summed E-state index contributed by atoms with van der Waals surface area (Å²) in [6.45, 7) is 1.73. The highest BCUT2D eigenvalue weighted by atomic mass is 32.1. The van der Waals surface area contributed by atoms with Crippen molar-refractivity contribution in [1.29, 1.82) is 0 Å². The maximum absolute atomic E-state index is 12.5. The monoisotopic (exact) mass is 388 g/mol. The molecular weight excluding hydrogens is 368 g/mol. The van der Waals surface area contributed by atoms with Gasteiger partial charge < -0.3 is 20.4 Å². The standard InChI is InChI=1S/C17H20N6O3S/c1-9(14-19-10-6-4-5-7-11(10)27-14)18-12(24)8-23-15-13(20-16(23)25)21(2)17(26)22(15)3/h4-7,9,13,15H,8H2,1-3H3,(H,18,24)(H,20,25)/t9-,13+,15+/m0/s1. The Morgan fingerprint density at radius 2 is 2.04 bits per heavy atom. The van der Waals surface area contributed by atoms with Crippen LogP contribution in [0.4, 0.5) is 9.59 Å². The number of fused-ring (bicyclic) bond motifs is 2. The van der Waals surface area contributed by atoms with Crippen LogP contribution in [-0.2, 0) is 4.79 Å². The van der Waals surface area contributed by atoms with Crippen LogP contribution in [0.1, 0.15) is 18.0 Å². The van der Waals surface area contributed by atoms with E-state index in [1.165, 1.54) is 26.0 Å². The Hall–Kier alpha value is -2.88. The molecule has 2 aromatic rings. The summed E-state index contributed by atoms with van der Waals surface area (Å²) in [5.41, 5.74) is 0.898. The predicted octanol–water partition coefficient (Wildman–Crippen LogP) is 1.15. The number of amides is 5. The number of hydrogen-bond donors (Lipinski definition) is 2. The molecule has 4 rings (SSSR count). The molecule has 27 heavy (non-hydrogen) atoms. The second-order valence-electron chi connectivity index (χ2n) is 6.75. The van der Waals surface area contributed by atoms with Crippen molar-refractivity contribution in [3.8, 4) is 0 Å². The van der Waals surface area contributed by atoms with E-state index in [1.807, 2.05) is 31.2 Å². The third-order valence-electron chi connectivity index (χ3n) is 4.92. The van der Waals surface area contributed by atoms with Crippen LogP contribution in [0.2, 0.25) is 0 Å². The van der Waals surface area contributed by atoms with Gasteiger partial charge in [-0.15, -0.1) is 11.3 Å². The summed E-state index contributed by atoms with van der Waals surface area (Å²) in [5.74, 6) is -0.298. The van der Waals surface area contributed by atoms with Crippen molar-refractivity contribution in [2.24, 2.45) is 0 Å². The van der Waals surface area contributed by atoms with Crippen LogP contribution >= 0.6 is 11.3 Å². The number of aromatic nitrogens is 1. The Morgan fingerprint density at radius 1 is 1.30 bits per heavy atom. The van der Waals surface area contributed by atoms with Crippen LogP contribution < -0.4 is 10.6 Å². The van der Waals surface area contributed by atoms with Crippen molar-refractivity contribution in [1.82, 2.24) is 30.3 Å². The number of hydrogen-bond acceptors (Lipinski definition) is 5. The largest absolute Gasteiger partial charge is 0.346 e. The number of nitrogens with one attached hydrogen (secondary N) is 2. The van der Waals surface area contributed by atoms with E-state index in [0.717, 1.165) is 15.2 Å². The molecule has 3 atom stereocenters. The highest BCUT2D eigenvalue weighted by Gasteiger charge is 2.52. The van der Waals surface area contributed by atoms with Crippen LogP contribution in [0.3, 0.4) is 0 Å². The third-order valence-corrected chi connectivity index (χ3v) is 6.14. The molecule has 5 amide bonds. The zero-order valence-corrected chi connectivity index (χ0v) is 16.0. The lowest BCUT2D eigenvalue weighted by atomic mass is 10.3. The summed E-state index contributed by atoms with van der Waals surface area (Å²) in [5, 5.41) is 6.44. The van der Waals surface area contributed by atoms with Gasteiger partial charge in [0.05, 0.1) is 16.3 Å². The van der Waals surface area contributed by atoms with Gasteiger partial charge in [0, 0.05) is 14.1 Å². The highest BCUT2D eigenvalue weighted by molar-refractivity contribution is 7.18. The maximum Gasteiger partial charge on any atom is 0.323 e. The zero-order valence-electron chi connectivity index (χ0n) is 15.2. The minimum atomic E-state index is -0.501. The van der Waals surface area contributed by atoms with Crippen LogP contribution in [0.5, 0.6) is 0 Å². The minimum Gasteiger partial charge on any atom is -0.346 e. The van der Waals surface area contributed by atoms with E-state index < -0.39 is 12.3 Å². The lowest BCUT2D eigenvalue weighted by Crippen LogP contribution is -2.48. The van der Waals surface area contributed by atoms with Gasteiger partial charge in [0.25, 0.3) is 0 Å². The van der Waals surface area contributed by atoms with Crippen molar-refractivity contribution >= 4 is 39.5 Å². The Morgan fingerprint density at radius 3 is 2.78 bits per heavy atom. The second kappa shape index (κ2) is 6.38. The fourth-order valence-electron chi connectivity index (χ4n) is 3.52. The lowest BCUT2D eigenvalue weighted by Gasteiger charge is -2.26. The Labute approximate surface area is 159 Å². The van der Waals surface area contributed by atoms with E-state index in [1.54, 1.807) is 14.1 Å². The van der Waals surface area contributed by atoms with E-state index in [9.17, 15) is 14.4 Å². The lowest BCUT2D eigenvalue weighted by molar-refractivity contribution is -0.122. The van der Waals surface area contributed by atoms with Crippen molar-refractivity contribution in [3.63, 3.8) is 0 Å². The van der Waals surface area contributed by atoms with E-state index in [2.05, 4.69) is 15.6 Å². The SMILES string of the molecule is C[C@H](NC(=O)CN1C(=O)N[C@H]2[C@@H]1N(C)C(=O)N2C)c1nc2ccccc2s1. The summed E-state index contributed by atoms with van der Waals surface area (Å²) in [4.78, 5) is 45.7. The van der Waals surface area contributed by atoms with Gasteiger partial charge in [-0.1, -0.05) is 12.1 Å². The van der Waals surface area contributed by atoms with Gasteiger partial charge in [0.15, 0.2) is 0 Å². The van der Waals surface area contributed by atoms with Gasteiger partial charge in [0.1, 0.15) is 23.9 Å². The molecule has 2 aliphatic rings. The van der Waals surface area contributed by atoms with Crippen LogP contribution in [0.15, 0.2) is 24.3 Å². The molecule has 9 nitrogen and oxygen atoms in total. The Kier molecular flexibility index (Phi) is 4.14. The Bertz CT molecular complexity index is 897. The number of carbonyl (C=O) groups excluding carboxylic acids is 3. The second-order valence-corrected chi connectivity index (χ2v) is 7.81. The number of carbonyl (C=O) groups is 3. The normalized spacial score (nSPS) is 23.0. The molecule has 2 fully saturated rings. The first-order valence-corrected chi connectivity index (χ1v) is 9.40. The van der Waals surface area contributed by atoms with Crippen molar-refractivity contribution in [3.05, 3.63) is 29.3 Å². The molecular formula is C17H20N6O3S. The average Bonchev–Trinajstić information content (AvgIpc) is 3.26. The van der Waals surface area contributed by atoms with Gasteiger partial charge in [-0.25, -0.2) is 14.6 Å². The summed E-state index contributed by atoms with van der Waals surface area (Å²) in [7, 11) is 3.25. The van der Waals surface area contributed by atoms with Crippen LogP contribution in [0, 0.1) is 0 Å². The van der Waals surface area contributed by atoms with Gasteiger partial charge in [0.2, 0.25) is 5.91 Å². The molecule has 2 saturated heterocycles.